The molecular formula is C8H15N2OPd. The van der Waals surface area contributed by atoms with Gasteiger partial charge in [0.25, 0.3) is 0 Å². The molecule has 0 aromatic heterocycles. The number of carbonyl (C=O) groups is 1. The number of amides is 1. The van der Waals surface area contributed by atoms with Gasteiger partial charge in [-0.3, -0.25) is 0 Å². The van der Waals surface area contributed by atoms with Gasteiger partial charge in [-0.1, -0.05) is 0 Å². The van der Waals surface area contributed by atoms with Crippen molar-refractivity contribution in [3.05, 3.63) is 0 Å². The van der Waals surface area contributed by atoms with Crippen LogP contribution < -0.4 is 0 Å². The Bertz CT molecular complexity index is 164. The van der Waals surface area contributed by atoms with Gasteiger partial charge >= 0.3 is 84.5 Å². The molecule has 1 aliphatic heterocycles. The molecule has 0 bridgehead atoms. The molecule has 3 nitrogen and oxygen atoms in total. The summed E-state index contributed by atoms with van der Waals surface area (Å²) in [6, 6.07) is 0. The Morgan fingerprint density at radius 2 is 1.92 bits per heavy atom. The summed E-state index contributed by atoms with van der Waals surface area (Å²) in [4.78, 5) is 13.2. The summed E-state index contributed by atoms with van der Waals surface area (Å²) in [5.41, 5.74) is 0. The van der Waals surface area contributed by atoms with E-state index in [9.17, 15) is 4.79 Å². The first-order valence-corrected chi connectivity index (χ1v) is 4.90. The maximum atomic E-state index is 11.5. The first-order chi connectivity index (χ1) is 5.61. The predicted molar refractivity (Wildman–Crippen MR) is 43.0 cm³/mol. The monoisotopic (exact) mass is 261 g/mol. The Kier molecular flexibility index (Phi) is 3.70. The van der Waals surface area contributed by atoms with Crippen molar-refractivity contribution < 1.29 is 24.2 Å². The van der Waals surface area contributed by atoms with Crippen molar-refractivity contribution >= 4 is 5.91 Å². The van der Waals surface area contributed by atoms with Gasteiger partial charge in [-0.25, -0.2) is 0 Å². The molecule has 0 unspecified atom stereocenters. The van der Waals surface area contributed by atoms with Gasteiger partial charge in [0.1, 0.15) is 0 Å². The molecule has 73 valence electrons. The molecule has 4 heteroatoms. The fourth-order valence-electron chi connectivity index (χ4n) is 1.44. The van der Waals surface area contributed by atoms with Gasteiger partial charge in [-0.2, -0.15) is 0 Å². The van der Waals surface area contributed by atoms with Crippen LogP contribution in [0.3, 0.4) is 0 Å². The molecule has 1 saturated heterocycles. The first kappa shape index (κ1) is 10.2. The molecule has 1 aliphatic rings. The summed E-state index contributed by atoms with van der Waals surface area (Å²) < 4.78 is 2.13. The van der Waals surface area contributed by atoms with Gasteiger partial charge in [-0.15, -0.1) is 0 Å². The molecule has 0 aromatic rings. The average Bonchev–Trinajstić information content (AvgIpc) is 2.04. The van der Waals surface area contributed by atoms with E-state index in [4.69, 9.17) is 0 Å². The van der Waals surface area contributed by atoms with Gasteiger partial charge < -0.3 is 0 Å². The Morgan fingerprint density at radius 1 is 1.42 bits per heavy atom. The van der Waals surface area contributed by atoms with E-state index in [0.717, 1.165) is 25.9 Å². The zero-order valence-corrected chi connectivity index (χ0v) is 9.08. The van der Waals surface area contributed by atoms with Crippen molar-refractivity contribution in [3.8, 4) is 0 Å². The van der Waals surface area contributed by atoms with Gasteiger partial charge in [0, 0.05) is 0 Å². The van der Waals surface area contributed by atoms with Crippen molar-refractivity contribution in [2.45, 2.75) is 12.8 Å². The molecule has 1 fully saturated rings. The Morgan fingerprint density at radius 3 is 2.33 bits per heavy atom. The number of hydrogen-bond donors (Lipinski definition) is 0. The first-order valence-electron chi connectivity index (χ1n) is 4.20. The zero-order valence-electron chi connectivity index (χ0n) is 7.52. The second kappa shape index (κ2) is 4.36. The van der Waals surface area contributed by atoms with Crippen LogP contribution in [-0.2, 0) is 24.2 Å². The van der Waals surface area contributed by atoms with Crippen LogP contribution >= 0.6 is 0 Å². The van der Waals surface area contributed by atoms with E-state index >= 15 is 0 Å². The Labute approximate surface area is 84.8 Å². The van der Waals surface area contributed by atoms with Gasteiger partial charge in [-0.05, 0) is 0 Å². The normalized spacial score (nSPS) is 21.0. The molecule has 1 heterocycles. The molecule has 0 atom stereocenters. The number of rotatable bonds is 1. The second-order valence-corrected chi connectivity index (χ2v) is 4.36. The third-order valence-corrected chi connectivity index (χ3v) is 2.90. The van der Waals surface area contributed by atoms with Gasteiger partial charge in [0.05, 0.1) is 0 Å². The van der Waals surface area contributed by atoms with Crippen molar-refractivity contribution in [1.29, 1.82) is 0 Å². The third kappa shape index (κ3) is 2.55. The van der Waals surface area contributed by atoms with E-state index in [1.165, 1.54) is 0 Å². The average molecular weight is 262 g/mol. The van der Waals surface area contributed by atoms with Crippen LogP contribution in [0.15, 0.2) is 0 Å². The van der Waals surface area contributed by atoms with Gasteiger partial charge in [0.2, 0.25) is 0 Å². The van der Waals surface area contributed by atoms with Gasteiger partial charge in [0.15, 0.2) is 0 Å². The molecule has 0 spiro atoms. The molecular weight excluding hydrogens is 247 g/mol. The molecule has 0 saturated carbocycles. The maximum absolute atomic E-state index is 11.5. The minimum atomic E-state index is 0.250. The van der Waals surface area contributed by atoms with E-state index in [2.05, 4.69) is 23.0 Å². The quantitative estimate of drug-likeness (QED) is 0.632. The van der Waals surface area contributed by atoms with E-state index in [1.54, 1.807) is 4.90 Å². The molecule has 0 aromatic carbocycles. The van der Waals surface area contributed by atoms with Crippen molar-refractivity contribution in [1.82, 2.24) is 8.43 Å². The summed E-state index contributed by atoms with van der Waals surface area (Å²) in [6.07, 6.45) is 1.97. The molecule has 0 N–H and O–H groups in total. The fraction of sp³-hybridized carbons (Fsp3) is 0.875. The third-order valence-electron chi connectivity index (χ3n) is 2.20. The molecule has 0 radical (unpaired) electrons. The summed E-state index contributed by atoms with van der Waals surface area (Å²) >= 11 is 3.15. The standard InChI is InChI=1S/C8H15N2O.Pd/c1-10(2)8(11)7-3-5-9-6-4-7;/h7H,3-6H2,1-2H3;/q-1;+1. The van der Waals surface area contributed by atoms with E-state index in [1.807, 2.05) is 14.1 Å². The van der Waals surface area contributed by atoms with E-state index in [-0.39, 0.29) is 11.8 Å². The summed E-state index contributed by atoms with van der Waals surface area (Å²) in [5.74, 6) is 0.528. The fourth-order valence-corrected chi connectivity index (χ4v) is 1.85. The molecule has 1 amide bonds. The van der Waals surface area contributed by atoms with Crippen molar-refractivity contribution in [2.75, 3.05) is 27.2 Å². The SMILES string of the molecule is CN(C)C(=O)C1CC[N]([Pd])CC1. The summed E-state index contributed by atoms with van der Waals surface area (Å²) in [6.45, 7) is 1.99. The molecule has 0 aliphatic carbocycles. The van der Waals surface area contributed by atoms with Crippen LogP contribution in [0.2, 0.25) is 0 Å². The zero-order chi connectivity index (χ0) is 9.14. The van der Waals surface area contributed by atoms with Crippen LogP contribution in [-0.4, -0.2) is 41.5 Å². The Balaban J connectivity index is 2.39. The van der Waals surface area contributed by atoms with Crippen molar-refractivity contribution in [2.24, 2.45) is 5.92 Å². The molecule has 1 rings (SSSR count). The topological polar surface area (TPSA) is 23.6 Å². The number of piperidine rings is 1. The van der Waals surface area contributed by atoms with Crippen LogP contribution in [0.1, 0.15) is 12.8 Å². The van der Waals surface area contributed by atoms with Crippen molar-refractivity contribution in [3.63, 3.8) is 0 Å². The number of nitrogens with zero attached hydrogens (tertiary/aromatic N) is 2. The van der Waals surface area contributed by atoms with Crippen LogP contribution in [0.25, 0.3) is 0 Å². The second-order valence-electron chi connectivity index (χ2n) is 3.38. The Hall–Kier alpha value is 0.0923. The van der Waals surface area contributed by atoms with Crippen LogP contribution in [0, 0.1) is 5.92 Å². The number of carbonyl (C=O) groups excluding carboxylic acids is 1. The summed E-state index contributed by atoms with van der Waals surface area (Å²) in [5, 5.41) is 0. The van der Waals surface area contributed by atoms with Crippen LogP contribution in [0.4, 0.5) is 0 Å². The minimum absolute atomic E-state index is 0.250. The van der Waals surface area contributed by atoms with E-state index < -0.39 is 0 Å². The summed E-state index contributed by atoms with van der Waals surface area (Å²) in [7, 11) is 3.65. The number of hydrogen-bond acceptors (Lipinski definition) is 2. The van der Waals surface area contributed by atoms with Crippen LogP contribution in [0.5, 0.6) is 0 Å². The predicted octanol–water partition coefficient (Wildman–Crippen LogP) is 0.248. The van der Waals surface area contributed by atoms with E-state index in [0.29, 0.717) is 0 Å². The molecule has 12 heavy (non-hydrogen) atoms.